The normalized spacial score (nSPS) is 28.8. The summed E-state index contributed by atoms with van der Waals surface area (Å²) in [4.78, 5) is 11.5. The Morgan fingerprint density at radius 3 is 2.87 bits per heavy atom. The minimum absolute atomic E-state index is 0.0431. The molecule has 2 fully saturated rings. The van der Waals surface area contributed by atoms with Gasteiger partial charge in [0.15, 0.2) is 0 Å². The van der Waals surface area contributed by atoms with E-state index >= 15 is 0 Å². The maximum Gasteiger partial charge on any atom is 0.237 e. The van der Waals surface area contributed by atoms with Gasteiger partial charge in [-0.3, -0.25) is 4.79 Å². The van der Waals surface area contributed by atoms with Crippen LogP contribution in [0.5, 0.6) is 0 Å². The third-order valence-electron chi connectivity index (χ3n) is 3.28. The maximum atomic E-state index is 11.5. The lowest BCUT2D eigenvalue weighted by Crippen LogP contribution is -2.49. The first kappa shape index (κ1) is 10.9. The molecule has 2 heterocycles. The highest BCUT2D eigenvalue weighted by Gasteiger charge is 2.22. The average Bonchev–Trinajstić information content (AvgIpc) is 2.29. The van der Waals surface area contributed by atoms with E-state index in [4.69, 9.17) is 4.74 Å². The van der Waals surface area contributed by atoms with E-state index in [0.717, 1.165) is 52.0 Å². The van der Waals surface area contributed by atoms with Crippen molar-refractivity contribution in [2.45, 2.75) is 31.7 Å². The lowest BCUT2D eigenvalue weighted by molar-refractivity contribution is -0.124. The molecule has 2 saturated heterocycles. The molecule has 4 heteroatoms. The predicted octanol–water partition coefficient (Wildman–Crippen LogP) is 0.281. The van der Waals surface area contributed by atoms with Crippen LogP contribution in [0.1, 0.15) is 25.7 Å². The van der Waals surface area contributed by atoms with Gasteiger partial charge in [-0.05, 0) is 38.1 Å². The van der Waals surface area contributed by atoms with Crippen LogP contribution in [0.2, 0.25) is 0 Å². The van der Waals surface area contributed by atoms with Crippen LogP contribution in [0.15, 0.2) is 0 Å². The van der Waals surface area contributed by atoms with Crippen molar-refractivity contribution in [1.82, 2.24) is 10.6 Å². The van der Waals surface area contributed by atoms with E-state index in [2.05, 4.69) is 10.6 Å². The number of carbonyl (C=O) groups excluding carboxylic acids is 1. The highest BCUT2D eigenvalue weighted by atomic mass is 16.5. The van der Waals surface area contributed by atoms with Crippen molar-refractivity contribution in [2.24, 2.45) is 5.92 Å². The first-order valence-corrected chi connectivity index (χ1v) is 5.95. The Hall–Kier alpha value is -0.610. The van der Waals surface area contributed by atoms with Crippen LogP contribution in [0.3, 0.4) is 0 Å². The highest BCUT2D eigenvalue weighted by molar-refractivity contribution is 5.82. The molecule has 0 aromatic rings. The second-order valence-corrected chi connectivity index (χ2v) is 4.45. The van der Waals surface area contributed by atoms with E-state index in [-0.39, 0.29) is 11.9 Å². The van der Waals surface area contributed by atoms with Crippen LogP contribution in [-0.2, 0) is 9.53 Å². The van der Waals surface area contributed by atoms with Crippen molar-refractivity contribution in [1.29, 1.82) is 0 Å². The topological polar surface area (TPSA) is 50.4 Å². The summed E-state index contributed by atoms with van der Waals surface area (Å²) in [6.45, 7) is 3.56. The standard InChI is InChI=1S/C11H20N2O2/c14-11-10(2-1-5-12-11)13-8-9-3-6-15-7-4-9/h9-10,13H,1-8H2,(H,12,14). The number of piperidine rings is 1. The molecule has 1 atom stereocenters. The van der Waals surface area contributed by atoms with Gasteiger partial charge in [0.05, 0.1) is 6.04 Å². The van der Waals surface area contributed by atoms with Crippen LogP contribution >= 0.6 is 0 Å². The van der Waals surface area contributed by atoms with Crippen molar-refractivity contribution in [2.75, 3.05) is 26.3 Å². The average molecular weight is 212 g/mol. The first-order chi connectivity index (χ1) is 7.36. The van der Waals surface area contributed by atoms with Crippen LogP contribution in [0.25, 0.3) is 0 Å². The molecular formula is C11H20N2O2. The molecule has 0 aromatic heterocycles. The molecule has 0 saturated carbocycles. The number of carbonyl (C=O) groups is 1. The molecular weight excluding hydrogens is 192 g/mol. The van der Waals surface area contributed by atoms with Gasteiger partial charge in [-0.2, -0.15) is 0 Å². The first-order valence-electron chi connectivity index (χ1n) is 5.95. The maximum absolute atomic E-state index is 11.5. The van der Waals surface area contributed by atoms with Gasteiger partial charge in [0.1, 0.15) is 0 Å². The largest absolute Gasteiger partial charge is 0.381 e. The Kier molecular flexibility index (Phi) is 3.97. The Labute approximate surface area is 90.8 Å². The number of rotatable bonds is 3. The fourth-order valence-corrected chi connectivity index (χ4v) is 2.23. The van der Waals surface area contributed by atoms with Crippen LogP contribution in [0, 0.1) is 5.92 Å². The van der Waals surface area contributed by atoms with Crippen molar-refractivity contribution in [3.05, 3.63) is 0 Å². The van der Waals surface area contributed by atoms with E-state index in [9.17, 15) is 4.79 Å². The molecule has 2 rings (SSSR count). The zero-order valence-corrected chi connectivity index (χ0v) is 9.13. The summed E-state index contributed by atoms with van der Waals surface area (Å²) >= 11 is 0. The highest BCUT2D eigenvalue weighted by Crippen LogP contribution is 2.14. The molecule has 86 valence electrons. The Morgan fingerprint density at radius 1 is 1.33 bits per heavy atom. The minimum Gasteiger partial charge on any atom is -0.381 e. The summed E-state index contributed by atoms with van der Waals surface area (Å²) in [6.07, 6.45) is 4.33. The second-order valence-electron chi connectivity index (χ2n) is 4.45. The summed E-state index contributed by atoms with van der Waals surface area (Å²) < 4.78 is 5.31. The summed E-state index contributed by atoms with van der Waals surface area (Å²) in [5.74, 6) is 0.863. The molecule has 15 heavy (non-hydrogen) atoms. The summed E-state index contributed by atoms with van der Waals surface area (Å²) in [7, 11) is 0. The third kappa shape index (κ3) is 3.18. The molecule has 0 bridgehead atoms. The van der Waals surface area contributed by atoms with E-state index in [1.807, 2.05) is 0 Å². The minimum atomic E-state index is 0.0431. The predicted molar refractivity (Wildman–Crippen MR) is 57.6 cm³/mol. The molecule has 0 aliphatic carbocycles. The fourth-order valence-electron chi connectivity index (χ4n) is 2.23. The van der Waals surface area contributed by atoms with E-state index in [1.54, 1.807) is 0 Å². The molecule has 2 aliphatic rings. The lowest BCUT2D eigenvalue weighted by Gasteiger charge is -2.27. The quantitative estimate of drug-likeness (QED) is 0.706. The lowest BCUT2D eigenvalue weighted by atomic mass is 9.99. The van der Waals surface area contributed by atoms with Gasteiger partial charge in [0.2, 0.25) is 5.91 Å². The van der Waals surface area contributed by atoms with Gasteiger partial charge >= 0.3 is 0 Å². The Morgan fingerprint density at radius 2 is 2.13 bits per heavy atom. The zero-order chi connectivity index (χ0) is 10.5. The fraction of sp³-hybridized carbons (Fsp3) is 0.909. The number of amides is 1. The zero-order valence-electron chi connectivity index (χ0n) is 9.13. The van der Waals surface area contributed by atoms with Crippen LogP contribution in [-0.4, -0.2) is 38.3 Å². The van der Waals surface area contributed by atoms with Gasteiger partial charge in [0, 0.05) is 19.8 Å². The molecule has 1 amide bonds. The molecule has 0 spiro atoms. The number of nitrogens with one attached hydrogen (secondary N) is 2. The molecule has 1 unspecified atom stereocenters. The molecule has 2 N–H and O–H groups in total. The van der Waals surface area contributed by atoms with E-state index in [0.29, 0.717) is 5.92 Å². The van der Waals surface area contributed by atoms with Gasteiger partial charge in [0.25, 0.3) is 0 Å². The van der Waals surface area contributed by atoms with Gasteiger partial charge in [-0.25, -0.2) is 0 Å². The van der Waals surface area contributed by atoms with Crippen molar-refractivity contribution in [3.63, 3.8) is 0 Å². The van der Waals surface area contributed by atoms with Crippen LogP contribution in [0.4, 0.5) is 0 Å². The van der Waals surface area contributed by atoms with E-state index < -0.39 is 0 Å². The van der Waals surface area contributed by atoms with Gasteiger partial charge in [-0.1, -0.05) is 0 Å². The summed E-state index contributed by atoms with van der Waals surface area (Å²) in [6, 6.07) is 0.0431. The third-order valence-corrected chi connectivity index (χ3v) is 3.28. The van der Waals surface area contributed by atoms with Crippen molar-refractivity contribution < 1.29 is 9.53 Å². The number of ether oxygens (including phenoxy) is 1. The second kappa shape index (κ2) is 5.47. The Balaban J connectivity index is 1.69. The SMILES string of the molecule is O=C1NCCCC1NCC1CCOCC1. The van der Waals surface area contributed by atoms with Crippen LogP contribution < -0.4 is 10.6 Å². The Bertz CT molecular complexity index is 215. The smallest absolute Gasteiger partial charge is 0.237 e. The molecule has 0 aromatic carbocycles. The monoisotopic (exact) mass is 212 g/mol. The molecule has 4 nitrogen and oxygen atoms in total. The number of hydrogen-bond acceptors (Lipinski definition) is 3. The van der Waals surface area contributed by atoms with Crippen molar-refractivity contribution in [3.8, 4) is 0 Å². The molecule has 0 radical (unpaired) electrons. The van der Waals surface area contributed by atoms with Crippen molar-refractivity contribution >= 4 is 5.91 Å². The van der Waals surface area contributed by atoms with Gasteiger partial charge in [-0.15, -0.1) is 0 Å². The number of hydrogen-bond donors (Lipinski definition) is 2. The summed E-state index contributed by atoms with van der Waals surface area (Å²) in [5, 5.41) is 6.27. The van der Waals surface area contributed by atoms with E-state index in [1.165, 1.54) is 0 Å². The molecule has 2 aliphatic heterocycles. The van der Waals surface area contributed by atoms with Gasteiger partial charge < -0.3 is 15.4 Å². The summed E-state index contributed by atoms with van der Waals surface area (Å²) in [5.41, 5.74) is 0.